The molecule has 2 heterocycles. The molecule has 6 aliphatic carbocycles. The first-order valence-corrected chi connectivity index (χ1v) is 22.8. The number of hydrogen-bond donors (Lipinski definition) is 0. The lowest BCUT2D eigenvalue weighted by molar-refractivity contribution is 0.263. The van der Waals surface area contributed by atoms with Gasteiger partial charge < -0.3 is 9.47 Å². The van der Waals surface area contributed by atoms with Crippen molar-refractivity contribution < 1.29 is 0 Å². The summed E-state index contributed by atoms with van der Waals surface area (Å²) >= 11 is 0. The standard InChI is InChI=1S/C56H63N3/c1-34-14-11-15-35(2)53(34)59-54-36(3)16-12-18-48(54)49-33-42(32-37(4)55(49)59)40-21-25-43(26-22-40)58(44-27-23-41(24-28-44)45-19-13-31-57-39(45)6)51-30-29-47-46-17-9-10-20-50(46)56(7,8)52(47)38(51)5/h9-14,17-27,29-31,33-39,44-45,52-53H,15-16,28,32H2,1-8H3. The number of aliphatic imine (C=N–C) groups is 1. The van der Waals surface area contributed by atoms with Crippen LogP contribution in [0.2, 0.25) is 0 Å². The molecule has 3 nitrogen and oxygen atoms in total. The fraction of sp³-hybridized carbons (Fsp3) is 0.411. The van der Waals surface area contributed by atoms with E-state index < -0.39 is 0 Å². The van der Waals surface area contributed by atoms with Gasteiger partial charge in [0.05, 0.1) is 12.1 Å². The molecular formula is C56H63N3. The van der Waals surface area contributed by atoms with E-state index in [0.29, 0.717) is 47.5 Å². The summed E-state index contributed by atoms with van der Waals surface area (Å²) in [6.45, 7) is 19.5. The third-order valence-corrected chi connectivity index (χ3v) is 15.6. The number of dihydropyridines is 1. The molecule has 3 aromatic rings. The van der Waals surface area contributed by atoms with Crippen LogP contribution in [-0.4, -0.2) is 22.9 Å². The molecule has 7 aliphatic rings. The van der Waals surface area contributed by atoms with Crippen LogP contribution in [0.3, 0.4) is 0 Å². The largest absolute Gasteiger partial charge is 0.343 e. The Morgan fingerprint density at radius 2 is 1.58 bits per heavy atom. The molecule has 0 saturated carbocycles. The summed E-state index contributed by atoms with van der Waals surface area (Å²) in [4.78, 5) is 7.41. The molecule has 0 fully saturated rings. The van der Waals surface area contributed by atoms with Crippen LogP contribution in [0, 0.1) is 29.6 Å². The van der Waals surface area contributed by atoms with E-state index in [4.69, 9.17) is 4.99 Å². The zero-order valence-electron chi connectivity index (χ0n) is 36.6. The highest BCUT2D eigenvalue weighted by molar-refractivity contribution is 5.89. The number of benzene rings is 2. The zero-order valence-corrected chi connectivity index (χ0v) is 36.6. The van der Waals surface area contributed by atoms with Crippen molar-refractivity contribution in [2.45, 2.75) is 116 Å². The van der Waals surface area contributed by atoms with Gasteiger partial charge in [0, 0.05) is 75.7 Å². The first kappa shape index (κ1) is 38.3. The highest BCUT2D eigenvalue weighted by Crippen LogP contribution is 2.57. The van der Waals surface area contributed by atoms with Crippen LogP contribution in [0.1, 0.15) is 138 Å². The van der Waals surface area contributed by atoms with E-state index in [1.54, 1.807) is 11.4 Å². The van der Waals surface area contributed by atoms with Crippen molar-refractivity contribution in [2.75, 3.05) is 4.90 Å². The van der Waals surface area contributed by atoms with Crippen LogP contribution in [0.4, 0.5) is 5.69 Å². The maximum Gasteiger partial charge on any atom is 0.0574 e. The van der Waals surface area contributed by atoms with Crippen LogP contribution in [0.5, 0.6) is 0 Å². The Kier molecular flexibility index (Phi) is 9.54. The number of anilines is 1. The number of hydrogen-bond acceptors (Lipinski definition) is 2. The SMILES string of the molecule is CC1CC=Cc2c3c(n(C4C(C)C=CCC4C)c21)C(C)CC(c1ccc(N(C2=CC=C4c5ccccc5C(C)(C)C4C2C)C2C=CC(C4C=CC=NC4C)=CC2)cc1)=C3. The van der Waals surface area contributed by atoms with Crippen LogP contribution in [-0.2, 0) is 5.41 Å². The lowest BCUT2D eigenvalue weighted by atomic mass is 9.68. The van der Waals surface area contributed by atoms with Crippen molar-refractivity contribution in [3.8, 4) is 0 Å². The van der Waals surface area contributed by atoms with Gasteiger partial charge in [0.2, 0.25) is 0 Å². The van der Waals surface area contributed by atoms with Crippen molar-refractivity contribution in [3.63, 3.8) is 0 Å². The second-order valence-corrected chi connectivity index (χ2v) is 19.8. The van der Waals surface area contributed by atoms with E-state index in [2.05, 4.69) is 186 Å². The monoisotopic (exact) mass is 778 g/mol. The summed E-state index contributed by atoms with van der Waals surface area (Å²) in [5.74, 6) is 3.24. The maximum atomic E-state index is 4.73. The number of nitrogens with zero attached hydrogens (tertiary/aromatic N) is 3. The Labute approximate surface area is 354 Å². The molecule has 302 valence electrons. The average Bonchev–Trinajstić information content (AvgIpc) is 3.69. The van der Waals surface area contributed by atoms with Gasteiger partial charge in [-0.1, -0.05) is 140 Å². The Morgan fingerprint density at radius 1 is 0.780 bits per heavy atom. The van der Waals surface area contributed by atoms with Crippen molar-refractivity contribution in [3.05, 3.63) is 160 Å². The summed E-state index contributed by atoms with van der Waals surface area (Å²) in [6.07, 6.45) is 35.3. The molecule has 59 heavy (non-hydrogen) atoms. The molecule has 0 N–H and O–H groups in total. The van der Waals surface area contributed by atoms with Crippen LogP contribution in [0.15, 0.2) is 126 Å². The molecule has 0 bridgehead atoms. The fourth-order valence-electron chi connectivity index (χ4n) is 12.8. The summed E-state index contributed by atoms with van der Waals surface area (Å²) in [5, 5.41) is 0. The maximum absolute atomic E-state index is 4.73. The smallest absolute Gasteiger partial charge is 0.0574 e. The minimum Gasteiger partial charge on any atom is -0.343 e. The fourth-order valence-corrected chi connectivity index (χ4v) is 12.8. The average molecular weight is 778 g/mol. The molecule has 10 unspecified atom stereocenters. The highest BCUT2D eigenvalue weighted by atomic mass is 15.2. The van der Waals surface area contributed by atoms with Crippen molar-refractivity contribution >= 4 is 35.2 Å². The van der Waals surface area contributed by atoms with E-state index in [-0.39, 0.29) is 17.5 Å². The molecule has 2 aromatic carbocycles. The first-order valence-electron chi connectivity index (χ1n) is 22.8. The third kappa shape index (κ3) is 6.16. The third-order valence-electron chi connectivity index (χ3n) is 15.6. The molecule has 0 amide bonds. The molecule has 1 aromatic heterocycles. The van der Waals surface area contributed by atoms with E-state index in [1.165, 1.54) is 62.3 Å². The Hall–Kier alpha value is -4.89. The predicted octanol–water partition coefficient (Wildman–Crippen LogP) is 14.1. The van der Waals surface area contributed by atoms with Crippen molar-refractivity contribution in [2.24, 2.45) is 34.6 Å². The minimum absolute atomic E-state index is 0.0498. The van der Waals surface area contributed by atoms with Gasteiger partial charge in [-0.05, 0) is 114 Å². The van der Waals surface area contributed by atoms with Gasteiger partial charge in [-0.15, -0.1) is 0 Å². The summed E-state index contributed by atoms with van der Waals surface area (Å²) < 4.78 is 2.86. The van der Waals surface area contributed by atoms with E-state index in [9.17, 15) is 0 Å². The number of allylic oxidation sites excluding steroid dienone is 10. The number of aromatic nitrogens is 1. The van der Waals surface area contributed by atoms with E-state index in [1.807, 2.05) is 6.21 Å². The van der Waals surface area contributed by atoms with Crippen molar-refractivity contribution in [1.29, 1.82) is 0 Å². The Morgan fingerprint density at radius 3 is 2.34 bits per heavy atom. The molecule has 10 rings (SSSR count). The van der Waals surface area contributed by atoms with Crippen LogP contribution in [0.25, 0.3) is 23.3 Å². The molecule has 0 saturated heterocycles. The summed E-state index contributed by atoms with van der Waals surface area (Å²) in [7, 11) is 0. The van der Waals surface area contributed by atoms with Crippen LogP contribution < -0.4 is 4.90 Å². The molecule has 10 atom stereocenters. The number of rotatable bonds is 6. The van der Waals surface area contributed by atoms with Gasteiger partial charge in [-0.3, -0.25) is 4.99 Å². The Balaban J connectivity index is 1.03. The first-order chi connectivity index (χ1) is 28.5. The normalized spacial score (nSPS) is 32.3. The lowest BCUT2D eigenvalue weighted by Gasteiger charge is -2.44. The van der Waals surface area contributed by atoms with Gasteiger partial charge in [0.15, 0.2) is 0 Å². The van der Waals surface area contributed by atoms with Gasteiger partial charge in [-0.25, -0.2) is 0 Å². The van der Waals surface area contributed by atoms with Crippen LogP contribution >= 0.6 is 0 Å². The van der Waals surface area contributed by atoms with Gasteiger partial charge >= 0.3 is 0 Å². The quantitative estimate of drug-likeness (QED) is 0.228. The van der Waals surface area contributed by atoms with Gasteiger partial charge in [0.25, 0.3) is 0 Å². The molecular weight excluding hydrogens is 715 g/mol. The minimum atomic E-state index is 0.0498. The van der Waals surface area contributed by atoms with Gasteiger partial charge in [0.1, 0.15) is 0 Å². The van der Waals surface area contributed by atoms with E-state index in [0.717, 1.165) is 19.3 Å². The van der Waals surface area contributed by atoms with E-state index >= 15 is 0 Å². The topological polar surface area (TPSA) is 20.5 Å². The highest BCUT2D eigenvalue weighted by Gasteiger charge is 2.48. The summed E-state index contributed by atoms with van der Waals surface area (Å²) in [5.41, 5.74) is 17.5. The molecule has 3 heteroatoms. The Bertz CT molecular complexity index is 2450. The lowest BCUT2D eigenvalue weighted by Crippen LogP contribution is -2.41. The molecule has 0 radical (unpaired) electrons. The predicted molar refractivity (Wildman–Crippen MR) is 252 cm³/mol. The van der Waals surface area contributed by atoms with Gasteiger partial charge in [-0.2, -0.15) is 0 Å². The molecule has 1 aliphatic heterocycles. The summed E-state index contributed by atoms with van der Waals surface area (Å²) in [6, 6.07) is 19.8. The second kappa shape index (κ2) is 14.7. The second-order valence-electron chi connectivity index (χ2n) is 19.8. The zero-order chi connectivity index (χ0) is 40.7. The molecule has 0 spiro atoms. The van der Waals surface area contributed by atoms with Crippen molar-refractivity contribution in [1.82, 2.24) is 4.57 Å². The number of fused-ring (bicyclic) bond motifs is 6.